The first kappa shape index (κ1) is 26.8. The minimum atomic E-state index is -4.41. The summed E-state index contributed by atoms with van der Waals surface area (Å²) in [6.45, 7) is -0.494. The Kier molecular flexibility index (Phi) is 6.87. The fraction of sp³-hybridized carbons (Fsp3) is 0.320. The minimum Gasteiger partial charge on any atom is -0.490 e. The zero-order valence-electron chi connectivity index (χ0n) is 19.7. The summed E-state index contributed by atoms with van der Waals surface area (Å²) >= 11 is 5.96. The number of rotatable bonds is 6. The molecule has 1 unspecified atom stereocenters. The molecule has 3 atom stereocenters. The summed E-state index contributed by atoms with van der Waals surface area (Å²) in [7, 11) is -8.30. The van der Waals surface area contributed by atoms with Gasteiger partial charge in [0.2, 0.25) is 5.56 Å². The van der Waals surface area contributed by atoms with Crippen molar-refractivity contribution >= 4 is 31.3 Å². The zero-order valence-corrected chi connectivity index (χ0v) is 22.1. The third kappa shape index (κ3) is 4.33. The molecule has 2 aliphatic heterocycles. The summed E-state index contributed by atoms with van der Waals surface area (Å²) in [5.74, 6) is -3.86. The number of benzene rings is 2. The predicted molar refractivity (Wildman–Crippen MR) is 134 cm³/mol. The molecule has 0 radical (unpaired) electrons. The number of halogens is 3. The van der Waals surface area contributed by atoms with E-state index < -0.39 is 70.7 Å². The van der Waals surface area contributed by atoms with Crippen LogP contribution in [-0.2, 0) is 29.2 Å². The second kappa shape index (κ2) is 9.74. The molecule has 2 aliphatic rings. The quantitative estimate of drug-likeness (QED) is 0.469. The van der Waals surface area contributed by atoms with Crippen LogP contribution >= 0.6 is 11.6 Å². The van der Waals surface area contributed by atoms with Crippen LogP contribution in [0.2, 0.25) is 5.02 Å². The molecule has 5 rings (SSSR count). The summed E-state index contributed by atoms with van der Waals surface area (Å²) < 4.78 is 94.1. The molecule has 0 aliphatic carbocycles. The molecular weight excluding hydrogens is 564 g/mol. The van der Waals surface area contributed by atoms with Crippen LogP contribution in [0.4, 0.5) is 8.78 Å². The van der Waals surface area contributed by atoms with Crippen LogP contribution in [0.3, 0.4) is 0 Å². The van der Waals surface area contributed by atoms with Crippen molar-refractivity contribution in [3.63, 3.8) is 0 Å². The van der Waals surface area contributed by atoms with E-state index in [2.05, 4.69) is 4.98 Å². The second-order valence-electron chi connectivity index (χ2n) is 9.15. The van der Waals surface area contributed by atoms with Gasteiger partial charge in [0.15, 0.2) is 31.2 Å². The van der Waals surface area contributed by atoms with Gasteiger partial charge in [0.1, 0.15) is 10.6 Å². The largest absolute Gasteiger partial charge is 0.490 e. The maximum atomic E-state index is 15.4. The lowest BCUT2D eigenvalue weighted by atomic mass is 9.75. The molecule has 202 valence electrons. The smallest absolute Gasteiger partial charge is 0.247 e. The Morgan fingerprint density at radius 2 is 1.66 bits per heavy atom. The number of pyridine rings is 1. The zero-order chi connectivity index (χ0) is 27.3. The third-order valence-corrected chi connectivity index (χ3v) is 11.7. The van der Waals surface area contributed by atoms with Crippen molar-refractivity contribution in [2.75, 3.05) is 19.0 Å². The van der Waals surface area contributed by atoms with Gasteiger partial charge >= 0.3 is 0 Å². The Hall–Kier alpha value is -2.80. The fourth-order valence-corrected chi connectivity index (χ4v) is 9.08. The van der Waals surface area contributed by atoms with E-state index >= 15 is 4.39 Å². The number of fused-ring (bicyclic) bond motifs is 3. The van der Waals surface area contributed by atoms with Gasteiger partial charge in [-0.1, -0.05) is 11.6 Å². The summed E-state index contributed by atoms with van der Waals surface area (Å²) in [5, 5.41) is 0.292. The third-order valence-electron chi connectivity index (χ3n) is 7.13. The lowest BCUT2D eigenvalue weighted by molar-refractivity contribution is -0.0732. The van der Waals surface area contributed by atoms with Gasteiger partial charge in [0.05, 0.1) is 33.8 Å². The fourth-order valence-electron chi connectivity index (χ4n) is 5.31. The Morgan fingerprint density at radius 1 is 0.974 bits per heavy atom. The van der Waals surface area contributed by atoms with Gasteiger partial charge in [-0.2, -0.15) is 0 Å². The van der Waals surface area contributed by atoms with Crippen molar-refractivity contribution in [2.24, 2.45) is 5.92 Å². The number of nitrogens with one attached hydrogen (secondary N) is 1. The Balaban J connectivity index is 1.60. The van der Waals surface area contributed by atoms with E-state index in [4.69, 9.17) is 21.1 Å². The van der Waals surface area contributed by atoms with Crippen LogP contribution in [-0.4, -0.2) is 46.9 Å². The monoisotopic (exact) mass is 585 g/mol. The van der Waals surface area contributed by atoms with Crippen molar-refractivity contribution in [1.82, 2.24) is 4.98 Å². The van der Waals surface area contributed by atoms with Gasteiger partial charge < -0.3 is 14.5 Å². The molecular formula is C25H22ClF2NO7S2. The lowest BCUT2D eigenvalue weighted by Gasteiger charge is -2.50. The molecule has 38 heavy (non-hydrogen) atoms. The molecule has 0 bridgehead atoms. The maximum absolute atomic E-state index is 15.4. The molecule has 1 saturated heterocycles. The van der Waals surface area contributed by atoms with Crippen molar-refractivity contribution in [3.8, 4) is 5.75 Å². The SMILES string of the molecule is O=c1ccc(S(=O)(=O)CC[C@@H]2OCC[C@@]3(S(=O)(=O)c4ccc(Cl)cc4)c4c(F)ccc(F)c4OCC23)c[nH]1. The van der Waals surface area contributed by atoms with E-state index in [0.29, 0.717) is 5.02 Å². The van der Waals surface area contributed by atoms with E-state index in [9.17, 15) is 26.0 Å². The predicted octanol–water partition coefficient (Wildman–Crippen LogP) is 3.64. The summed E-state index contributed by atoms with van der Waals surface area (Å²) in [5.41, 5.74) is -0.899. The highest BCUT2D eigenvalue weighted by Crippen LogP contribution is 2.56. The summed E-state index contributed by atoms with van der Waals surface area (Å²) in [6, 6.07) is 9.32. The molecule has 13 heteroatoms. The number of hydrogen-bond donors (Lipinski definition) is 1. The van der Waals surface area contributed by atoms with Crippen LogP contribution in [0.25, 0.3) is 0 Å². The van der Waals surface area contributed by atoms with E-state index in [-0.39, 0.29) is 35.8 Å². The first-order valence-corrected chi connectivity index (χ1v) is 15.1. The number of hydrogen-bond acceptors (Lipinski definition) is 7. The van der Waals surface area contributed by atoms with Crippen molar-refractivity contribution in [2.45, 2.75) is 33.5 Å². The number of sulfone groups is 2. The Labute approximate surface area is 222 Å². The van der Waals surface area contributed by atoms with Crippen LogP contribution in [0.5, 0.6) is 5.75 Å². The highest BCUT2D eigenvalue weighted by Gasteiger charge is 2.61. The number of ether oxygens (including phenoxy) is 2. The molecule has 0 saturated carbocycles. The van der Waals surface area contributed by atoms with Crippen LogP contribution in [0.1, 0.15) is 18.4 Å². The van der Waals surface area contributed by atoms with E-state index in [0.717, 1.165) is 24.4 Å². The molecule has 1 aromatic heterocycles. The Bertz CT molecular complexity index is 1640. The van der Waals surface area contributed by atoms with Gasteiger partial charge in [0.25, 0.3) is 0 Å². The van der Waals surface area contributed by atoms with Gasteiger partial charge in [-0.3, -0.25) is 4.79 Å². The number of H-pyrrole nitrogens is 1. The molecule has 3 heterocycles. The van der Waals surface area contributed by atoms with Crippen molar-refractivity contribution in [1.29, 1.82) is 0 Å². The molecule has 2 aromatic carbocycles. The van der Waals surface area contributed by atoms with E-state index in [1.54, 1.807) is 0 Å². The average Bonchev–Trinajstić information content (AvgIpc) is 2.89. The molecule has 8 nitrogen and oxygen atoms in total. The van der Waals surface area contributed by atoms with E-state index in [1.807, 2.05) is 0 Å². The molecule has 1 N–H and O–H groups in total. The first-order chi connectivity index (χ1) is 18.0. The van der Waals surface area contributed by atoms with Crippen molar-refractivity contribution < 1.29 is 35.1 Å². The molecule has 0 spiro atoms. The van der Waals surface area contributed by atoms with Gasteiger partial charge in [-0.25, -0.2) is 25.6 Å². The van der Waals surface area contributed by atoms with E-state index in [1.165, 1.54) is 30.3 Å². The van der Waals surface area contributed by atoms with Crippen LogP contribution < -0.4 is 10.3 Å². The molecule has 3 aromatic rings. The maximum Gasteiger partial charge on any atom is 0.247 e. The van der Waals surface area contributed by atoms with Gasteiger partial charge in [-0.05, 0) is 55.3 Å². The number of aromatic nitrogens is 1. The van der Waals surface area contributed by atoms with Crippen molar-refractivity contribution in [3.05, 3.63) is 87.3 Å². The van der Waals surface area contributed by atoms with Gasteiger partial charge in [-0.15, -0.1) is 0 Å². The standard InChI is InChI=1S/C25H22ClF2NO7S2/c26-15-1-3-16(4-2-15)38(33,34)25-10-11-35-21(9-12-37(31,32)17-5-8-22(30)29-13-17)18(25)14-36-24-20(28)7-6-19(27)23(24)25/h1-8,13,18,21H,9-12,14H2,(H,29,30)/t18?,21-,25-/m0/s1. The molecule has 1 fully saturated rings. The van der Waals surface area contributed by atoms with Crippen LogP contribution in [0.15, 0.2) is 69.3 Å². The average molecular weight is 586 g/mol. The first-order valence-electron chi connectivity index (χ1n) is 11.6. The normalized spacial score (nSPS) is 23.2. The Morgan fingerprint density at radius 3 is 2.34 bits per heavy atom. The highest BCUT2D eigenvalue weighted by molar-refractivity contribution is 7.92. The second-order valence-corrected chi connectivity index (χ2v) is 13.9. The van der Waals surface area contributed by atoms with Gasteiger partial charge in [0, 0.05) is 29.8 Å². The topological polar surface area (TPSA) is 120 Å². The molecule has 0 amide bonds. The minimum absolute atomic E-state index is 0.119. The summed E-state index contributed by atoms with van der Waals surface area (Å²) in [6.07, 6.45) is -0.270. The lowest BCUT2D eigenvalue weighted by Crippen LogP contribution is -2.57. The van der Waals surface area contributed by atoms with Crippen LogP contribution in [0, 0.1) is 17.6 Å². The summed E-state index contributed by atoms with van der Waals surface area (Å²) in [4.78, 5) is 13.4. The number of aromatic amines is 1. The highest BCUT2D eigenvalue weighted by atomic mass is 35.5.